The molecule has 0 aromatic heterocycles. The maximum atomic E-state index is 13.9. The van der Waals surface area contributed by atoms with Crippen molar-refractivity contribution in [2.24, 2.45) is 0 Å². The van der Waals surface area contributed by atoms with Crippen LogP contribution in [0.2, 0.25) is 25.7 Å². The van der Waals surface area contributed by atoms with Gasteiger partial charge in [0, 0.05) is 8.07 Å². The van der Waals surface area contributed by atoms with Crippen LogP contribution in [0.25, 0.3) is 0 Å². The lowest BCUT2D eigenvalue weighted by Gasteiger charge is -2.30. The first-order chi connectivity index (χ1) is 14.1. The summed E-state index contributed by atoms with van der Waals surface area (Å²) in [5.41, 5.74) is 3.81. The molecule has 0 radical (unpaired) electrons. The first-order valence-corrected chi connectivity index (χ1v) is 16.7. The summed E-state index contributed by atoms with van der Waals surface area (Å²) in [4.78, 5) is 0.476. The van der Waals surface area contributed by atoms with Crippen LogP contribution in [0.5, 0.6) is 0 Å². The number of hydrogen-bond donors (Lipinski definition) is 0. The average molecular weight is 445 g/mol. The molecule has 1 aromatic rings. The van der Waals surface area contributed by atoms with E-state index in [1.54, 1.807) is 18.2 Å². The Morgan fingerprint density at radius 1 is 1.10 bits per heavy atom. The Hall–Kier alpha value is -1.39. The zero-order valence-corrected chi connectivity index (χ0v) is 21.2. The van der Waals surface area contributed by atoms with Crippen LogP contribution in [-0.2, 0) is 9.84 Å². The lowest BCUT2D eigenvalue weighted by molar-refractivity contribution is 0.564. The van der Waals surface area contributed by atoms with Crippen molar-refractivity contribution in [3.8, 4) is 0 Å². The molecule has 0 N–H and O–H groups in total. The maximum absolute atomic E-state index is 13.9. The van der Waals surface area contributed by atoms with Crippen molar-refractivity contribution >= 4 is 17.9 Å². The number of unbranched alkanes of at least 4 members (excludes halogenated alkanes) is 1. The molecular formula is C26H40O2SSi. The van der Waals surface area contributed by atoms with Gasteiger partial charge in [-0.15, -0.1) is 0 Å². The van der Waals surface area contributed by atoms with Crippen molar-refractivity contribution in [1.82, 2.24) is 0 Å². The van der Waals surface area contributed by atoms with Crippen LogP contribution < -0.4 is 0 Å². The molecule has 0 amide bonds. The van der Waals surface area contributed by atoms with Gasteiger partial charge in [0.05, 0.1) is 10.1 Å². The van der Waals surface area contributed by atoms with Gasteiger partial charge >= 0.3 is 0 Å². The summed E-state index contributed by atoms with van der Waals surface area (Å²) in [6.45, 7) is 12.8. The second-order valence-corrected chi connectivity index (χ2v) is 17.5. The molecular weight excluding hydrogens is 404 g/mol. The van der Waals surface area contributed by atoms with Crippen LogP contribution in [0.1, 0.15) is 56.9 Å². The van der Waals surface area contributed by atoms with Crippen molar-refractivity contribution in [1.29, 1.82) is 0 Å². The Morgan fingerprint density at radius 2 is 1.73 bits per heavy atom. The lowest BCUT2D eigenvalue weighted by Crippen LogP contribution is -2.31. The standard InChI is InChI=1S/C26H40O2SSi/c1-6-7-8-9-13-16-26(29(27,28)24-19-17-22(2)18-20-24)25(21-30(3,4)5)23-14-11-10-12-15-23/h6-8,17-20,26H,1,9-16,21H2,2-5H3/b8-7+. The van der Waals surface area contributed by atoms with Gasteiger partial charge in [0.25, 0.3) is 0 Å². The molecule has 1 fully saturated rings. The fourth-order valence-corrected chi connectivity index (χ4v) is 8.09. The monoisotopic (exact) mass is 444 g/mol. The Balaban J connectivity index is 2.48. The van der Waals surface area contributed by atoms with Crippen LogP contribution in [0.3, 0.4) is 0 Å². The summed E-state index contributed by atoms with van der Waals surface area (Å²) in [5.74, 6) is 0. The van der Waals surface area contributed by atoms with E-state index in [1.165, 1.54) is 30.4 Å². The van der Waals surface area contributed by atoms with Gasteiger partial charge in [-0.2, -0.15) is 0 Å². The van der Waals surface area contributed by atoms with Crippen molar-refractivity contribution in [3.63, 3.8) is 0 Å². The van der Waals surface area contributed by atoms with E-state index >= 15 is 0 Å². The summed E-state index contributed by atoms with van der Waals surface area (Å²) < 4.78 is 27.8. The molecule has 166 valence electrons. The molecule has 1 aliphatic rings. The summed E-state index contributed by atoms with van der Waals surface area (Å²) >= 11 is 0. The Bertz CT molecular complexity index is 847. The van der Waals surface area contributed by atoms with E-state index in [0.717, 1.165) is 37.3 Å². The Labute approximate surface area is 186 Å². The van der Waals surface area contributed by atoms with Crippen LogP contribution in [0.4, 0.5) is 0 Å². The third-order valence-electron chi connectivity index (χ3n) is 5.85. The molecule has 1 aliphatic carbocycles. The minimum Gasteiger partial charge on any atom is -0.223 e. The van der Waals surface area contributed by atoms with Gasteiger partial charge in [-0.25, -0.2) is 8.42 Å². The summed E-state index contributed by atoms with van der Waals surface area (Å²) in [6.07, 6.45) is 14.1. The van der Waals surface area contributed by atoms with Crippen LogP contribution in [0.15, 0.2) is 65.1 Å². The first kappa shape index (κ1) is 24.9. The smallest absolute Gasteiger partial charge is 0.185 e. The van der Waals surface area contributed by atoms with E-state index in [1.807, 2.05) is 25.1 Å². The van der Waals surface area contributed by atoms with E-state index in [0.29, 0.717) is 11.3 Å². The normalized spacial score (nSPS) is 16.6. The summed E-state index contributed by atoms with van der Waals surface area (Å²) in [6, 6.07) is 8.42. The maximum Gasteiger partial charge on any atom is 0.185 e. The van der Waals surface area contributed by atoms with Gasteiger partial charge in [0.1, 0.15) is 0 Å². The second-order valence-electron chi connectivity index (χ2n) is 9.87. The van der Waals surface area contributed by atoms with Gasteiger partial charge in [0.2, 0.25) is 0 Å². The molecule has 30 heavy (non-hydrogen) atoms. The van der Waals surface area contributed by atoms with Crippen molar-refractivity contribution in [2.45, 2.75) is 94.1 Å². The minimum atomic E-state index is -3.41. The molecule has 2 nitrogen and oxygen atoms in total. The zero-order chi connectivity index (χ0) is 22.2. The Kier molecular flexibility index (Phi) is 9.36. The fraction of sp³-hybridized carbons (Fsp3) is 0.538. The number of benzene rings is 1. The highest BCUT2D eigenvalue weighted by Crippen LogP contribution is 2.37. The topological polar surface area (TPSA) is 34.1 Å². The third kappa shape index (κ3) is 7.38. The SMILES string of the molecule is C=C/C=C/CCCC(C(C[Si](C)(C)C)=C1CCCCC1)S(=O)(=O)c1ccc(C)cc1. The third-order valence-corrected chi connectivity index (χ3v) is 9.49. The second kappa shape index (κ2) is 11.3. The molecule has 1 atom stereocenters. The minimum absolute atomic E-state index is 0.392. The quantitative estimate of drug-likeness (QED) is 0.161. The number of rotatable bonds is 10. The molecule has 2 rings (SSSR count). The number of allylic oxidation sites excluding steroid dienone is 4. The highest BCUT2D eigenvalue weighted by molar-refractivity contribution is 7.92. The predicted molar refractivity (Wildman–Crippen MR) is 134 cm³/mol. The van der Waals surface area contributed by atoms with Crippen molar-refractivity contribution < 1.29 is 8.42 Å². The highest BCUT2D eigenvalue weighted by atomic mass is 32.2. The van der Waals surface area contributed by atoms with Crippen molar-refractivity contribution in [3.05, 3.63) is 65.8 Å². The molecule has 0 spiro atoms. The van der Waals surface area contributed by atoms with E-state index in [2.05, 4.69) is 32.3 Å². The zero-order valence-electron chi connectivity index (χ0n) is 19.4. The molecule has 0 aliphatic heterocycles. The molecule has 0 heterocycles. The van der Waals surface area contributed by atoms with Crippen molar-refractivity contribution in [2.75, 3.05) is 0 Å². The van der Waals surface area contributed by atoms with Gasteiger partial charge in [-0.1, -0.05) is 79.7 Å². The number of hydrogen-bond acceptors (Lipinski definition) is 2. The largest absolute Gasteiger partial charge is 0.223 e. The summed E-state index contributed by atoms with van der Waals surface area (Å²) in [7, 11) is -4.88. The predicted octanol–water partition coefficient (Wildman–Crippen LogP) is 7.65. The first-order valence-electron chi connectivity index (χ1n) is 11.4. The molecule has 1 unspecified atom stereocenters. The van der Waals surface area contributed by atoms with E-state index in [-0.39, 0.29) is 0 Å². The highest BCUT2D eigenvalue weighted by Gasteiger charge is 2.34. The number of aryl methyl sites for hydroxylation is 1. The van der Waals surface area contributed by atoms with E-state index in [4.69, 9.17) is 0 Å². The fourth-order valence-electron chi connectivity index (χ4n) is 4.36. The molecule has 4 heteroatoms. The van der Waals surface area contributed by atoms with Gasteiger partial charge < -0.3 is 0 Å². The van der Waals surface area contributed by atoms with Crippen LogP contribution in [-0.4, -0.2) is 21.7 Å². The van der Waals surface area contributed by atoms with E-state index < -0.39 is 23.2 Å². The van der Waals surface area contributed by atoms with Crippen LogP contribution in [0, 0.1) is 6.92 Å². The van der Waals surface area contributed by atoms with Gasteiger partial charge in [0.15, 0.2) is 9.84 Å². The number of sulfone groups is 1. The lowest BCUT2D eigenvalue weighted by atomic mass is 9.89. The Morgan fingerprint density at radius 3 is 2.30 bits per heavy atom. The van der Waals surface area contributed by atoms with Gasteiger partial charge in [-0.3, -0.25) is 0 Å². The van der Waals surface area contributed by atoms with E-state index in [9.17, 15) is 8.42 Å². The van der Waals surface area contributed by atoms with Gasteiger partial charge in [-0.05, 0) is 70.0 Å². The summed E-state index contributed by atoms with van der Waals surface area (Å²) in [5, 5.41) is -0.392. The van der Waals surface area contributed by atoms with Crippen LogP contribution >= 0.6 is 0 Å². The molecule has 0 bridgehead atoms. The molecule has 0 saturated heterocycles. The molecule has 1 aromatic carbocycles. The average Bonchev–Trinajstić information content (AvgIpc) is 2.69. The molecule has 1 saturated carbocycles.